The lowest BCUT2D eigenvalue weighted by Gasteiger charge is -2.28. The predicted octanol–water partition coefficient (Wildman–Crippen LogP) is 2.42. The van der Waals surface area contributed by atoms with Crippen LogP contribution in [0.2, 0.25) is 0 Å². The summed E-state index contributed by atoms with van der Waals surface area (Å²) in [5, 5.41) is 11.1. The fourth-order valence-corrected chi connectivity index (χ4v) is 2.85. The van der Waals surface area contributed by atoms with Gasteiger partial charge in [0.25, 0.3) is 0 Å². The number of carbonyl (C=O) groups excluding carboxylic acids is 2. The molecular weight excluding hydrogens is 398 g/mol. The highest BCUT2D eigenvalue weighted by molar-refractivity contribution is 5.68. The van der Waals surface area contributed by atoms with Gasteiger partial charge in [-0.1, -0.05) is 0 Å². The number of halogens is 2. The first-order valence-electron chi connectivity index (χ1n) is 10.5. The molecule has 4 N–H and O–H groups in total. The monoisotopic (exact) mass is 436 g/mol. The van der Waals surface area contributed by atoms with Crippen LogP contribution in [0.3, 0.4) is 0 Å². The van der Waals surface area contributed by atoms with E-state index in [1.54, 1.807) is 41.5 Å². The highest BCUT2D eigenvalue weighted by atomic mass is 19.1. The van der Waals surface area contributed by atoms with Crippen molar-refractivity contribution >= 4 is 12.2 Å². The van der Waals surface area contributed by atoms with Gasteiger partial charge in [-0.05, 0) is 67.5 Å². The summed E-state index contributed by atoms with van der Waals surface area (Å²) in [5.41, 5.74) is -1.09. The first kappa shape index (κ1) is 26.4. The van der Waals surface area contributed by atoms with Gasteiger partial charge in [-0.25, -0.2) is 18.4 Å². The van der Waals surface area contributed by atoms with Crippen molar-refractivity contribution in [2.45, 2.75) is 90.0 Å². The van der Waals surface area contributed by atoms with E-state index in [4.69, 9.17) is 9.47 Å². The van der Waals surface area contributed by atoms with E-state index in [9.17, 15) is 18.4 Å². The van der Waals surface area contributed by atoms with Gasteiger partial charge in [0.15, 0.2) is 0 Å². The molecule has 0 aliphatic carbocycles. The van der Waals surface area contributed by atoms with Crippen molar-refractivity contribution in [1.82, 2.24) is 21.3 Å². The van der Waals surface area contributed by atoms with Crippen molar-refractivity contribution in [1.29, 1.82) is 0 Å². The molecule has 10 heteroatoms. The highest BCUT2D eigenvalue weighted by Crippen LogP contribution is 2.12. The Morgan fingerprint density at radius 3 is 1.37 bits per heavy atom. The van der Waals surface area contributed by atoms with Crippen LogP contribution >= 0.6 is 0 Å². The minimum atomic E-state index is -0.987. The number of alkyl carbamates (subject to hydrolysis) is 2. The van der Waals surface area contributed by atoms with E-state index in [1.165, 1.54) is 0 Å². The summed E-state index contributed by atoms with van der Waals surface area (Å²) in [5.74, 6) is 0. The zero-order valence-electron chi connectivity index (χ0n) is 18.9. The smallest absolute Gasteiger partial charge is 0.408 e. The number of ether oxygens (including phenoxy) is 2. The Labute approximate surface area is 178 Å². The van der Waals surface area contributed by atoms with Gasteiger partial charge in [-0.3, -0.25) is 0 Å². The number of alkyl halides is 2. The van der Waals surface area contributed by atoms with Crippen molar-refractivity contribution < 1.29 is 27.8 Å². The molecule has 0 bridgehead atoms. The van der Waals surface area contributed by atoms with Crippen molar-refractivity contribution in [3.05, 3.63) is 0 Å². The SMILES string of the molecule is CC(C)(C)OC(=O)NC1CNCCC1F.CC(C)(C)OC(=O)NC1CNCCC1F. The van der Waals surface area contributed by atoms with E-state index < -0.39 is 47.8 Å². The Morgan fingerprint density at radius 2 is 1.10 bits per heavy atom. The molecule has 8 nitrogen and oxygen atoms in total. The molecule has 2 heterocycles. The third-order valence-corrected chi connectivity index (χ3v) is 4.20. The third-order valence-electron chi connectivity index (χ3n) is 4.20. The molecule has 0 aromatic rings. The maximum absolute atomic E-state index is 13.3. The van der Waals surface area contributed by atoms with Crippen LogP contribution in [-0.2, 0) is 9.47 Å². The zero-order chi connectivity index (χ0) is 22.9. The predicted molar refractivity (Wildman–Crippen MR) is 111 cm³/mol. The summed E-state index contributed by atoms with van der Waals surface area (Å²) >= 11 is 0. The lowest BCUT2D eigenvalue weighted by Crippen LogP contribution is -2.53. The van der Waals surface area contributed by atoms with Gasteiger partial charge >= 0.3 is 12.2 Å². The fourth-order valence-electron chi connectivity index (χ4n) is 2.85. The molecule has 2 rings (SSSR count). The van der Waals surface area contributed by atoms with Crippen LogP contribution in [0.25, 0.3) is 0 Å². The molecule has 176 valence electrons. The van der Waals surface area contributed by atoms with Gasteiger partial charge in [0.2, 0.25) is 0 Å². The van der Waals surface area contributed by atoms with Crippen LogP contribution in [0.5, 0.6) is 0 Å². The normalized spacial score (nSPS) is 27.2. The summed E-state index contributed by atoms with van der Waals surface area (Å²) in [6.07, 6.45) is -2.23. The minimum absolute atomic E-state index is 0.431. The number of piperidine rings is 2. The topological polar surface area (TPSA) is 101 Å². The summed E-state index contributed by atoms with van der Waals surface area (Å²) in [4.78, 5) is 22.7. The number of hydrogen-bond acceptors (Lipinski definition) is 6. The molecule has 2 fully saturated rings. The van der Waals surface area contributed by atoms with Crippen molar-refractivity contribution in [2.24, 2.45) is 0 Å². The van der Waals surface area contributed by atoms with Gasteiger partial charge in [0.1, 0.15) is 23.5 Å². The van der Waals surface area contributed by atoms with Gasteiger partial charge < -0.3 is 30.7 Å². The van der Waals surface area contributed by atoms with Gasteiger partial charge in [-0.2, -0.15) is 0 Å². The molecule has 2 aliphatic heterocycles. The first-order chi connectivity index (χ1) is 13.8. The zero-order valence-corrected chi connectivity index (χ0v) is 18.9. The Morgan fingerprint density at radius 1 is 0.767 bits per heavy atom. The molecule has 2 saturated heterocycles. The van der Waals surface area contributed by atoms with Crippen LogP contribution in [0.15, 0.2) is 0 Å². The Hall–Kier alpha value is -1.68. The van der Waals surface area contributed by atoms with Gasteiger partial charge in [-0.15, -0.1) is 0 Å². The average Bonchev–Trinajstić information content (AvgIpc) is 2.56. The number of rotatable bonds is 2. The Kier molecular flexibility index (Phi) is 10.2. The molecule has 2 aliphatic rings. The summed E-state index contributed by atoms with van der Waals surface area (Å²) in [7, 11) is 0. The van der Waals surface area contributed by atoms with Crippen molar-refractivity contribution in [3.8, 4) is 0 Å². The van der Waals surface area contributed by atoms with Crippen LogP contribution < -0.4 is 21.3 Å². The van der Waals surface area contributed by atoms with Crippen LogP contribution in [0, 0.1) is 0 Å². The highest BCUT2D eigenvalue weighted by Gasteiger charge is 2.28. The molecule has 0 radical (unpaired) electrons. The molecule has 2 amide bonds. The number of hydrogen-bond donors (Lipinski definition) is 4. The van der Waals surface area contributed by atoms with Crippen molar-refractivity contribution in [3.63, 3.8) is 0 Å². The van der Waals surface area contributed by atoms with E-state index in [0.717, 1.165) is 0 Å². The van der Waals surface area contributed by atoms with Gasteiger partial charge in [0.05, 0.1) is 12.1 Å². The largest absolute Gasteiger partial charge is 0.444 e. The number of carbonyl (C=O) groups is 2. The fraction of sp³-hybridized carbons (Fsp3) is 0.900. The number of amides is 2. The van der Waals surface area contributed by atoms with E-state index in [1.807, 2.05) is 0 Å². The van der Waals surface area contributed by atoms with Crippen molar-refractivity contribution in [2.75, 3.05) is 26.2 Å². The van der Waals surface area contributed by atoms with E-state index in [0.29, 0.717) is 39.0 Å². The molecule has 4 atom stereocenters. The van der Waals surface area contributed by atoms with E-state index in [-0.39, 0.29) is 0 Å². The summed E-state index contributed by atoms with van der Waals surface area (Å²) < 4.78 is 36.8. The second-order valence-corrected chi connectivity index (χ2v) is 9.52. The molecule has 0 saturated carbocycles. The van der Waals surface area contributed by atoms with E-state index >= 15 is 0 Å². The van der Waals surface area contributed by atoms with Gasteiger partial charge in [0, 0.05) is 13.1 Å². The lowest BCUT2D eigenvalue weighted by molar-refractivity contribution is 0.0449. The van der Waals surface area contributed by atoms with Crippen LogP contribution in [0.1, 0.15) is 54.4 Å². The van der Waals surface area contributed by atoms with Crippen LogP contribution in [0.4, 0.5) is 18.4 Å². The van der Waals surface area contributed by atoms with E-state index in [2.05, 4.69) is 21.3 Å². The quantitative estimate of drug-likeness (QED) is 0.531. The molecular formula is C20H38F2N4O4. The maximum Gasteiger partial charge on any atom is 0.408 e. The molecule has 0 aromatic carbocycles. The Bertz CT molecular complexity index is 504. The standard InChI is InChI=1S/2C10H19FN2O2/c2*1-10(2,3)15-9(14)13-8-6-12-5-4-7(8)11/h2*7-8,12H,4-6H2,1-3H3,(H,13,14). The number of nitrogens with one attached hydrogen (secondary N) is 4. The molecule has 30 heavy (non-hydrogen) atoms. The molecule has 0 aromatic heterocycles. The first-order valence-corrected chi connectivity index (χ1v) is 10.5. The molecule has 4 unspecified atom stereocenters. The Balaban J connectivity index is 0.000000300. The summed E-state index contributed by atoms with van der Waals surface area (Å²) in [6.45, 7) is 12.9. The average molecular weight is 437 g/mol. The second-order valence-electron chi connectivity index (χ2n) is 9.52. The lowest BCUT2D eigenvalue weighted by atomic mass is 10.1. The molecule has 0 spiro atoms. The second kappa shape index (κ2) is 11.6. The van der Waals surface area contributed by atoms with Crippen LogP contribution in [-0.4, -0.2) is 74.0 Å². The maximum atomic E-state index is 13.3. The minimum Gasteiger partial charge on any atom is -0.444 e. The third kappa shape index (κ3) is 11.5. The summed E-state index contributed by atoms with van der Waals surface area (Å²) in [6, 6.07) is -0.956.